The monoisotopic (exact) mass is 1910 g/mol. The summed E-state index contributed by atoms with van der Waals surface area (Å²) in [6, 6.07) is 178. The number of nitrogens with zero attached hydrogens (tertiary/aromatic N) is 12. The molecule has 34 aromatic rings. The Morgan fingerprint density at radius 3 is 0.747 bits per heavy atom. The van der Waals surface area contributed by atoms with Gasteiger partial charge in [0, 0.05) is 164 Å². The molecule has 12 heterocycles. The lowest BCUT2D eigenvalue weighted by atomic mass is 9.99. The molecule has 0 N–H and O–H groups in total. The summed E-state index contributed by atoms with van der Waals surface area (Å²) in [5, 5.41) is 25.8. The van der Waals surface area contributed by atoms with E-state index in [0.717, 1.165) is 140 Å². The van der Waals surface area contributed by atoms with Crippen LogP contribution in [0.3, 0.4) is 0 Å². The average Bonchev–Trinajstić information content (AvgIpc) is 1.52. The number of rotatable bonds is 10. The van der Waals surface area contributed by atoms with Crippen LogP contribution in [0.1, 0.15) is 0 Å². The second-order valence-electron chi connectivity index (χ2n) is 39.4. The Morgan fingerprint density at radius 1 is 0.127 bits per heavy atom. The van der Waals surface area contributed by atoms with E-state index in [0.29, 0.717) is 0 Å². The van der Waals surface area contributed by atoms with Crippen LogP contribution in [0.5, 0.6) is 0 Å². The van der Waals surface area contributed by atoms with Crippen molar-refractivity contribution in [2.24, 2.45) is 0 Å². The third-order valence-corrected chi connectivity index (χ3v) is 31.3. The molecule has 0 aliphatic carbocycles. The summed E-state index contributed by atoms with van der Waals surface area (Å²) in [6.07, 6.45) is 0. The van der Waals surface area contributed by atoms with Crippen molar-refractivity contribution in [2.45, 2.75) is 0 Å². The van der Waals surface area contributed by atoms with E-state index in [1.165, 1.54) is 169 Å². The van der Waals surface area contributed by atoms with Crippen LogP contribution in [-0.4, -0.2) is 56.8 Å². The Balaban J connectivity index is 0.0000000995. The van der Waals surface area contributed by atoms with Crippen molar-refractivity contribution < 1.29 is 0 Å². The Hall–Kier alpha value is -20.3. The molecule has 0 bridgehead atoms. The minimum Gasteiger partial charge on any atom is -0.309 e. The normalized spacial score (nSPS) is 12.1. The van der Waals surface area contributed by atoms with Gasteiger partial charge in [0.1, 0.15) is 0 Å². The fourth-order valence-corrected chi connectivity index (χ4v) is 24.9. The molecule has 0 amide bonds. The number of aromatic nitrogens is 12. The molecule has 12 aromatic heterocycles. The van der Waals surface area contributed by atoms with Crippen molar-refractivity contribution in [3.63, 3.8) is 0 Å². The van der Waals surface area contributed by atoms with Gasteiger partial charge in [0.2, 0.25) is 0 Å². The highest BCUT2D eigenvalue weighted by Crippen LogP contribution is 2.53. The SMILES string of the molecule is c1ccc(-c2nc(-c3ccc4c(c3)c3cc5c6ccccc6n6c7ccccc7c(c3n4-c3ccccc3)c56)nc3ccccc23)cc1.c1ccc(-c2nc(-c3ccc4c5cc6c7ccccc7n7c8ccccc8c(c5n(-c5ccccc5)c4c3)c67)nc3ccccc23)cc1.c1ccc(-c2nc(-c3cccc(-c4ccc5c(c4)c4cc6c7ccccc7n7c8ccccc8c(c4n5-c4ccccc4)c67)c3)nc3ccccc23)cc1. The average molecular weight is 1910 g/mol. The Kier molecular flexibility index (Phi) is 18.1. The van der Waals surface area contributed by atoms with Gasteiger partial charge in [-0.25, -0.2) is 29.9 Å². The molecule has 150 heavy (non-hydrogen) atoms. The fraction of sp³-hybridized carbons (Fsp3) is 0. The van der Waals surface area contributed by atoms with Crippen molar-refractivity contribution in [2.75, 3.05) is 0 Å². The molecule has 0 saturated carbocycles. The second kappa shape index (κ2) is 32.6. The Labute approximate surface area is 856 Å². The molecule has 0 aliphatic rings. The quantitative estimate of drug-likeness (QED) is 0.135. The van der Waals surface area contributed by atoms with Gasteiger partial charge in [-0.2, -0.15) is 0 Å². The van der Waals surface area contributed by atoms with Crippen LogP contribution < -0.4 is 0 Å². The van der Waals surface area contributed by atoms with Crippen molar-refractivity contribution in [1.29, 1.82) is 0 Å². The molecule has 0 fully saturated rings. The van der Waals surface area contributed by atoms with Gasteiger partial charge in [-0.1, -0.05) is 346 Å². The molecular formula is C138H82N12. The molecule has 0 spiro atoms. The smallest absolute Gasteiger partial charge is 0.160 e. The molecule has 12 nitrogen and oxygen atoms in total. The Morgan fingerprint density at radius 2 is 0.373 bits per heavy atom. The van der Waals surface area contributed by atoms with Gasteiger partial charge in [-0.3, -0.25) is 0 Å². The first-order valence-corrected chi connectivity index (χ1v) is 51.1. The molecule has 0 saturated heterocycles. The van der Waals surface area contributed by atoms with Crippen LogP contribution in [0.2, 0.25) is 0 Å². The highest BCUT2D eigenvalue weighted by atomic mass is 15.0. The topological polar surface area (TPSA) is 105 Å². The van der Waals surface area contributed by atoms with Gasteiger partial charge < -0.3 is 26.9 Å². The van der Waals surface area contributed by atoms with Gasteiger partial charge >= 0.3 is 0 Å². The van der Waals surface area contributed by atoms with Crippen LogP contribution in [0.15, 0.2) is 497 Å². The molecule has 694 valence electrons. The summed E-state index contributed by atoms with van der Waals surface area (Å²) >= 11 is 0. The van der Waals surface area contributed by atoms with Gasteiger partial charge in [0.25, 0.3) is 0 Å². The van der Waals surface area contributed by atoms with E-state index in [1.54, 1.807) is 0 Å². The van der Waals surface area contributed by atoms with Gasteiger partial charge in [-0.15, -0.1) is 0 Å². The second-order valence-corrected chi connectivity index (χ2v) is 39.4. The first-order chi connectivity index (χ1) is 74.5. The van der Waals surface area contributed by atoms with Crippen LogP contribution >= 0.6 is 0 Å². The molecule has 0 radical (unpaired) electrons. The van der Waals surface area contributed by atoms with E-state index in [-0.39, 0.29) is 0 Å². The predicted octanol–water partition coefficient (Wildman–Crippen LogP) is 35.3. The predicted molar refractivity (Wildman–Crippen MR) is 624 cm³/mol. The fourth-order valence-electron chi connectivity index (χ4n) is 24.9. The molecule has 0 unspecified atom stereocenters. The van der Waals surface area contributed by atoms with Crippen LogP contribution in [0, 0.1) is 0 Å². The number of para-hydroxylation sites is 12. The van der Waals surface area contributed by atoms with Crippen LogP contribution in [-0.2, 0) is 0 Å². The number of fused-ring (bicyclic) bond motifs is 33. The van der Waals surface area contributed by atoms with Crippen molar-refractivity contribution in [3.05, 3.63) is 497 Å². The maximum absolute atomic E-state index is 5.23. The largest absolute Gasteiger partial charge is 0.309 e. The van der Waals surface area contributed by atoms with Gasteiger partial charge in [0.15, 0.2) is 17.5 Å². The van der Waals surface area contributed by atoms with Gasteiger partial charge in [-0.05, 0) is 163 Å². The molecule has 0 atom stereocenters. The zero-order valence-corrected chi connectivity index (χ0v) is 80.7. The minimum absolute atomic E-state index is 0.719. The van der Waals surface area contributed by atoms with Crippen LogP contribution in [0.25, 0.3) is 309 Å². The maximum Gasteiger partial charge on any atom is 0.160 e. The van der Waals surface area contributed by atoms with E-state index >= 15 is 0 Å². The van der Waals surface area contributed by atoms with E-state index < -0.39 is 0 Å². The summed E-state index contributed by atoms with van der Waals surface area (Å²) in [7, 11) is 0. The zero-order valence-electron chi connectivity index (χ0n) is 80.7. The lowest BCUT2D eigenvalue weighted by molar-refractivity contribution is 1.18. The molecule has 12 heteroatoms. The number of hydrogen-bond acceptors (Lipinski definition) is 6. The third kappa shape index (κ3) is 12.3. The van der Waals surface area contributed by atoms with Crippen molar-refractivity contribution in [3.8, 4) is 96.1 Å². The van der Waals surface area contributed by atoms with Crippen molar-refractivity contribution >= 4 is 212 Å². The molecule has 22 aromatic carbocycles. The Bertz CT molecular complexity index is 11500. The summed E-state index contributed by atoms with van der Waals surface area (Å²) in [5.74, 6) is 2.16. The summed E-state index contributed by atoms with van der Waals surface area (Å²) in [6.45, 7) is 0. The summed E-state index contributed by atoms with van der Waals surface area (Å²) in [5.41, 5.74) is 36.0. The molecule has 34 rings (SSSR count). The van der Waals surface area contributed by atoms with Gasteiger partial charge in [0.05, 0.1) is 116 Å². The zero-order chi connectivity index (χ0) is 98.0. The molecular weight excluding hydrogens is 1830 g/mol. The van der Waals surface area contributed by atoms with Crippen LogP contribution in [0.4, 0.5) is 0 Å². The van der Waals surface area contributed by atoms with E-state index in [2.05, 4.69) is 488 Å². The van der Waals surface area contributed by atoms with E-state index in [9.17, 15) is 0 Å². The number of hydrogen-bond donors (Lipinski definition) is 0. The highest BCUT2D eigenvalue weighted by molar-refractivity contribution is 6.38. The minimum atomic E-state index is 0.719. The summed E-state index contributed by atoms with van der Waals surface area (Å²) < 4.78 is 14.8. The highest BCUT2D eigenvalue weighted by Gasteiger charge is 2.31. The third-order valence-electron chi connectivity index (χ3n) is 31.3. The lowest BCUT2D eigenvalue weighted by Crippen LogP contribution is -1.96. The van der Waals surface area contributed by atoms with E-state index in [1.807, 2.05) is 36.4 Å². The first-order valence-electron chi connectivity index (χ1n) is 51.1. The first kappa shape index (κ1) is 83.2. The summed E-state index contributed by atoms with van der Waals surface area (Å²) in [4.78, 5) is 30.9. The number of benzene rings is 22. The van der Waals surface area contributed by atoms with E-state index in [4.69, 9.17) is 29.9 Å². The standard InChI is InChI=1S/C50H30N4.2C44H26N4/c1-3-14-31(15-4-1)47-37-21-7-10-23-42(37)51-50(52-47)34-17-13-16-32(28-34)33-26-27-45-39(29-33)41-30-40-36-20-8-11-24-43(36)54-44-25-12-9-22-38(44)46(49(40)54)48(41)53(45)35-18-5-2-6-19-35;1-3-13-27(14-4-1)41-32-18-7-10-20-36(32)45-44(46-41)28-23-24-31-35-26-34-30-17-8-11-21-37(30)48-38-22-12-9-19-33(38)40(43(34)48)42(35)47(39(31)25-28)29-15-5-2-6-16-29;1-3-13-27(14-4-1)41-31-18-7-10-20-36(31)45-44(46-41)28-23-24-39-33(25-28)35-26-34-30-17-8-11-21-37(30)48-38-22-12-9-19-32(38)40(43(34)48)42(35)47(39)29-15-5-2-6-16-29/h1-30H;2*1-26H. The van der Waals surface area contributed by atoms with Crippen molar-refractivity contribution in [1.82, 2.24) is 56.8 Å². The molecule has 0 aliphatic heterocycles. The lowest BCUT2D eigenvalue weighted by Gasteiger charge is -2.11. The maximum atomic E-state index is 5.23.